The molecule has 3 heterocycles. The van der Waals surface area contributed by atoms with E-state index in [2.05, 4.69) is 66.3 Å². The van der Waals surface area contributed by atoms with Gasteiger partial charge in [-0.3, -0.25) is 4.79 Å². The summed E-state index contributed by atoms with van der Waals surface area (Å²) in [7, 11) is 0. The molecule has 0 unspecified atom stereocenters. The van der Waals surface area contributed by atoms with Gasteiger partial charge in [0.05, 0.1) is 6.20 Å². The van der Waals surface area contributed by atoms with Gasteiger partial charge in [-0.15, -0.1) is 16.9 Å². The molecule has 5 rings (SSSR count). The lowest BCUT2D eigenvalue weighted by atomic mass is 9.87. The largest absolute Gasteiger partial charge is 0.355 e. The zero-order valence-corrected chi connectivity index (χ0v) is 21.3. The van der Waals surface area contributed by atoms with Crippen LogP contribution in [0.4, 0.5) is 11.6 Å². The van der Waals surface area contributed by atoms with Gasteiger partial charge in [-0.1, -0.05) is 51.1 Å². The molecule has 0 saturated carbocycles. The zero-order valence-electron chi connectivity index (χ0n) is 20.4. The summed E-state index contributed by atoms with van der Waals surface area (Å²) >= 11 is 1.97. The Morgan fingerprint density at radius 1 is 0.971 bits per heavy atom. The van der Waals surface area contributed by atoms with Gasteiger partial charge in [0.1, 0.15) is 5.82 Å². The number of anilines is 2. The monoisotopic (exact) mass is 485 g/mol. The van der Waals surface area contributed by atoms with Crippen LogP contribution >= 0.6 is 11.8 Å². The maximum Gasteiger partial charge on any atom is 0.256 e. The predicted molar refractivity (Wildman–Crippen MR) is 144 cm³/mol. The average molecular weight is 486 g/mol. The minimum atomic E-state index is -0.174. The van der Waals surface area contributed by atoms with Gasteiger partial charge in [-0.05, 0) is 60.2 Å². The Labute approximate surface area is 210 Å². The summed E-state index contributed by atoms with van der Waals surface area (Å²) in [6.45, 7) is 8.43. The van der Waals surface area contributed by atoms with Crippen molar-refractivity contribution in [3.63, 3.8) is 0 Å². The molecule has 0 bridgehead atoms. The van der Waals surface area contributed by atoms with Crippen LogP contribution < -0.4 is 10.2 Å². The molecule has 1 saturated heterocycles. The van der Waals surface area contributed by atoms with Gasteiger partial charge >= 0.3 is 0 Å². The quantitative estimate of drug-likeness (QED) is 0.373. The predicted octanol–water partition coefficient (Wildman–Crippen LogP) is 6.04. The molecular formula is C28H31N5OS. The molecule has 35 heavy (non-hydrogen) atoms. The van der Waals surface area contributed by atoms with Crippen molar-refractivity contribution in [2.75, 3.05) is 23.3 Å². The normalized spacial score (nSPS) is 14.9. The Morgan fingerprint density at radius 2 is 1.69 bits per heavy atom. The topological polar surface area (TPSA) is 62.5 Å². The highest BCUT2D eigenvalue weighted by Crippen LogP contribution is 2.31. The molecule has 180 valence electrons. The fourth-order valence-corrected chi connectivity index (χ4v) is 5.45. The molecular weight excluding hydrogens is 454 g/mol. The third-order valence-electron chi connectivity index (χ3n) is 6.37. The van der Waals surface area contributed by atoms with Crippen LogP contribution in [0.25, 0.3) is 5.65 Å². The van der Waals surface area contributed by atoms with Crippen LogP contribution in [0.5, 0.6) is 0 Å². The Balaban J connectivity index is 1.22. The molecule has 0 radical (unpaired) electrons. The van der Waals surface area contributed by atoms with Gasteiger partial charge in [0.15, 0.2) is 11.5 Å². The van der Waals surface area contributed by atoms with Crippen molar-refractivity contribution in [3.05, 3.63) is 84.1 Å². The number of amides is 1. The van der Waals surface area contributed by atoms with Crippen LogP contribution in [0.15, 0.2) is 77.8 Å². The highest BCUT2D eigenvalue weighted by Gasteiger charge is 2.22. The first-order valence-corrected chi connectivity index (χ1v) is 13.0. The van der Waals surface area contributed by atoms with Crippen molar-refractivity contribution >= 4 is 35.0 Å². The van der Waals surface area contributed by atoms with Crippen LogP contribution in [0.3, 0.4) is 0 Å². The molecule has 1 fully saturated rings. The van der Waals surface area contributed by atoms with E-state index in [4.69, 9.17) is 5.10 Å². The highest BCUT2D eigenvalue weighted by molar-refractivity contribution is 8.00. The Morgan fingerprint density at radius 3 is 2.37 bits per heavy atom. The number of imidazole rings is 1. The first kappa shape index (κ1) is 23.4. The SMILES string of the molecule is CC(C)(C)c1ccc(C(=O)Nc2cn3nc(N4CCC(Sc5ccccc5)CC4)ccc3n2)cc1. The summed E-state index contributed by atoms with van der Waals surface area (Å²) in [4.78, 5) is 20.9. The lowest BCUT2D eigenvalue weighted by Gasteiger charge is -2.32. The molecule has 7 heteroatoms. The van der Waals surface area contributed by atoms with E-state index in [0.717, 1.165) is 31.7 Å². The Bertz CT molecular complexity index is 1300. The van der Waals surface area contributed by atoms with Crippen molar-refractivity contribution < 1.29 is 4.79 Å². The smallest absolute Gasteiger partial charge is 0.256 e. The second-order valence-corrected chi connectivity index (χ2v) is 11.4. The summed E-state index contributed by atoms with van der Waals surface area (Å²) in [6.07, 6.45) is 4.02. The van der Waals surface area contributed by atoms with E-state index in [1.165, 1.54) is 10.5 Å². The third kappa shape index (κ3) is 5.51. The fraction of sp³-hybridized carbons (Fsp3) is 0.321. The number of benzene rings is 2. The van der Waals surface area contributed by atoms with E-state index in [1.807, 2.05) is 48.2 Å². The lowest BCUT2D eigenvalue weighted by molar-refractivity contribution is 0.102. The lowest BCUT2D eigenvalue weighted by Crippen LogP contribution is -2.35. The summed E-state index contributed by atoms with van der Waals surface area (Å²) in [6, 6.07) is 22.3. The van der Waals surface area contributed by atoms with Crippen LogP contribution in [0.1, 0.15) is 49.5 Å². The Hall–Kier alpha value is -3.32. The van der Waals surface area contributed by atoms with Gasteiger partial charge < -0.3 is 10.2 Å². The molecule has 2 aromatic carbocycles. The number of thioether (sulfide) groups is 1. The van der Waals surface area contributed by atoms with Gasteiger partial charge in [0.25, 0.3) is 5.91 Å². The number of aromatic nitrogens is 3. The van der Waals surface area contributed by atoms with Gasteiger partial charge in [0, 0.05) is 28.8 Å². The van der Waals surface area contributed by atoms with Crippen molar-refractivity contribution in [1.29, 1.82) is 0 Å². The van der Waals surface area contributed by atoms with Gasteiger partial charge in [0.2, 0.25) is 0 Å². The minimum absolute atomic E-state index is 0.0516. The number of carbonyl (C=O) groups is 1. The second kappa shape index (κ2) is 9.74. The maximum absolute atomic E-state index is 12.7. The summed E-state index contributed by atoms with van der Waals surface area (Å²) in [5.74, 6) is 1.26. The number of carbonyl (C=O) groups excluding carboxylic acids is 1. The van der Waals surface area contributed by atoms with E-state index in [9.17, 15) is 4.79 Å². The molecule has 2 aromatic heterocycles. The van der Waals surface area contributed by atoms with E-state index < -0.39 is 0 Å². The molecule has 1 amide bonds. The van der Waals surface area contributed by atoms with E-state index in [0.29, 0.717) is 22.3 Å². The molecule has 1 aliphatic rings. The fourth-order valence-electron chi connectivity index (χ4n) is 4.31. The minimum Gasteiger partial charge on any atom is -0.355 e. The molecule has 0 aliphatic carbocycles. The number of hydrogen-bond donors (Lipinski definition) is 1. The van der Waals surface area contributed by atoms with Gasteiger partial charge in [-0.2, -0.15) is 0 Å². The first-order chi connectivity index (χ1) is 16.8. The summed E-state index contributed by atoms with van der Waals surface area (Å²) < 4.78 is 1.75. The van der Waals surface area contributed by atoms with Crippen molar-refractivity contribution in [2.45, 2.75) is 49.2 Å². The van der Waals surface area contributed by atoms with Crippen LogP contribution in [-0.2, 0) is 5.41 Å². The summed E-state index contributed by atoms with van der Waals surface area (Å²) in [5.41, 5.74) is 2.57. The zero-order chi connectivity index (χ0) is 24.4. The number of rotatable bonds is 5. The second-order valence-electron chi connectivity index (χ2n) is 10.0. The maximum atomic E-state index is 12.7. The number of hydrogen-bond acceptors (Lipinski definition) is 5. The molecule has 0 atom stereocenters. The number of fused-ring (bicyclic) bond motifs is 1. The van der Waals surface area contributed by atoms with Crippen LogP contribution in [0.2, 0.25) is 0 Å². The molecule has 1 aliphatic heterocycles. The average Bonchev–Trinajstić information content (AvgIpc) is 3.26. The van der Waals surface area contributed by atoms with Gasteiger partial charge in [-0.25, -0.2) is 9.50 Å². The standard InChI is InChI=1S/C28H31N5OS/c1-28(2,3)21-11-9-20(10-12-21)27(34)30-24-19-33-25(29-24)13-14-26(31-33)32-17-15-23(16-18-32)35-22-7-5-4-6-8-22/h4-14,19,23H,15-18H2,1-3H3,(H,30,34). The van der Waals surface area contributed by atoms with Crippen molar-refractivity contribution in [3.8, 4) is 0 Å². The molecule has 0 spiro atoms. The number of piperidine rings is 1. The van der Waals surface area contributed by atoms with Crippen molar-refractivity contribution in [2.24, 2.45) is 0 Å². The first-order valence-electron chi connectivity index (χ1n) is 12.1. The van der Waals surface area contributed by atoms with Crippen LogP contribution in [0, 0.1) is 0 Å². The van der Waals surface area contributed by atoms with E-state index in [-0.39, 0.29) is 11.3 Å². The number of nitrogens with zero attached hydrogens (tertiary/aromatic N) is 4. The highest BCUT2D eigenvalue weighted by atomic mass is 32.2. The van der Waals surface area contributed by atoms with E-state index in [1.54, 1.807) is 10.7 Å². The molecule has 4 aromatic rings. The Kier molecular flexibility index (Phi) is 6.52. The van der Waals surface area contributed by atoms with Crippen molar-refractivity contribution in [1.82, 2.24) is 14.6 Å². The van der Waals surface area contributed by atoms with E-state index >= 15 is 0 Å². The van der Waals surface area contributed by atoms with Crippen LogP contribution in [-0.4, -0.2) is 38.8 Å². The molecule has 6 nitrogen and oxygen atoms in total. The third-order valence-corrected chi connectivity index (χ3v) is 7.72. The molecule has 1 N–H and O–H groups in total. The summed E-state index contributed by atoms with van der Waals surface area (Å²) in [5, 5.41) is 8.31. The number of nitrogens with one attached hydrogen (secondary N) is 1.